The van der Waals surface area contributed by atoms with E-state index in [1.165, 1.54) is 13.2 Å². The summed E-state index contributed by atoms with van der Waals surface area (Å²) in [5, 5.41) is 26.7. The number of nitrogens with zero attached hydrogens (tertiary/aromatic N) is 2. The molecule has 1 amide bonds. The number of oxime groups is 1. The van der Waals surface area contributed by atoms with Gasteiger partial charge in [0.05, 0.1) is 38.0 Å². The molecule has 2 N–H and O–H groups in total. The zero-order valence-corrected chi connectivity index (χ0v) is 38.8. The van der Waals surface area contributed by atoms with Gasteiger partial charge in [-0.25, -0.2) is 9.18 Å². The van der Waals surface area contributed by atoms with Crippen molar-refractivity contribution >= 4 is 22.6 Å². The smallest absolute Gasteiger partial charge is 0.410 e. The minimum absolute atomic E-state index is 0.00294. The van der Waals surface area contributed by atoms with Gasteiger partial charge in [-0.15, -0.1) is 6.58 Å². The highest BCUT2D eigenvalue weighted by molar-refractivity contribution is 6.03. The van der Waals surface area contributed by atoms with E-state index in [-0.39, 0.29) is 76.2 Å². The summed E-state index contributed by atoms with van der Waals surface area (Å²) in [7, 11) is 1.53. The van der Waals surface area contributed by atoms with E-state index in [2.05, 4.69) is 30.9 Å². The average molecular weight is 927 g/mol. The van der Waals surface area contributed by atoms with Crippen molar-refractivity contribution < 1.29 is 47.9 Å². The third-order valence-corrected chi connectivity index (χ3v) is 13.6. The summed E-state index contributed by atoms with van der Waals surface area (Å²) in [6, 6.07) is 35.5. The number of amides is 1. The third kappa shape index (κ3) is 10.8. The van der Waals surface area contributed by atoms with Crippen LogP contribution in [0.3, 0.4) is 0 Å². The van der Waals surface area contributed by atoms with Crippen LogP contribution in [0.4, 0.5) is 9.18 Å². The fourth-order valence-electron chi connectivity index (χ4n) is 10.6. The highest BCUT2D eigenvalue weighted by Gasteiger charge is 2.65. The first-order valence-electron chi connectivity index (χ1n) is 23.9. The van der Waals surface area contributed by atoms with E-state index in [9.17, 15) is 14.6 Å². The maximum atomic E-state index is 15.1. The quantitative estimate of drug-likeness (QED) is 0.0374. The Hall–Kier alpha value is -6.05. The highest BCUT2D eigenvalue weighted by atomic mass is 19.1. The Balaban J connectivity index is 1.26. The highest BCUT2D eigenvalue weighted by Crippen LogP contribution is 2.62. The zero-order chi connectivity index (χ0) is 47.3. The molecule has 5 aromatic carbocycles. The van der Waals surface area contributed by atoms with E-state index in [1.54, 1.807) is 29.2 Å². The summed E-state index contributed by atoms with van der Waals surface area (Å²) in [6.07, 6.45) is 8.01. The number of aliphatic hydroxyl groups excluding tert-OH is 2. The normalized spacial score (nSPS) is 22.1. The second-order valence-electron chi connectivity index (χ2n) is 17.8. The molecule has 0 unspecified atom stereocenters. The van der Waals surface area contributed by atoms with Gasteiger partial charge in [0.15, 0.2) is 0 Å². The lowest BCUT2D eigenvalue weighted by molar-refractivity contribution is -0.256. The first-order valence-corrected chi connectivity index (χ1v) is 23.9. The second-order valence-corrected chi connectivity index (χ2v) is 17.8. The van der Waals surface area contributed by atoms with Crippen LogP contribution in [0, 0.1) is 23.6 Å². The molecule has 68 heavy (non-hydrogen) atoms. The zero-order valence-electron chi connectivity index (χ0n) is 38.8. The molecule has 11 nitrogen and oxygen atoms in total. The van der Waals surface area contributed by atoms with Gasteiger partial charge in [-0.3, -0.25) is 4.90 Å². The molecule has 1 fully saturated rings. The summed E-state index contributed by atoms with van der Waals surface area (Å²) < 4.78 is 47.9. The molecular formula is C56H63FN2O9. The van der Waals surface area contributed by atoms with E-state index in [1.807, 2.05) is 72.8 Å². The van der Waals surface area contributed by atoms with E-state index in [0.29, 0.717) is 42.2 Å². The monoisotopic (exact) mass is 926 g/mol. The molecule has 0 bridgehead atoms. The van der Waals surface area contributed by atoms with Crippen molar-refractivity contribution in [2.24, 2.45) is 22.9 Å². The molecule has 5 aromatic rings. The maximum Gasteiger partial charge on any atom is 0.410 e. The van der Waals surface area contributed by atoms with Crippen molar-refractivity contribution in [2.45, 2.75) is 82.5 Å². The number of aliphatic hydroxyl groups is 2. The fourth-order valence-corrected chi connectivity index (χ4v) is 10.6. The maximum absolute atomic E-state index is 15.1. The predicted molar refractivity (Wildman–Crippen MR) is 260 cm³/mol. The molecule has 2 aliphatic carbocycles. The van der Waals surface area contributed by atoms with Crippen LogP contribution in [-0.4, -0.2) is 78.9 Å². The molecule has 1 heterocycles. The Morgan fingerprint density at radius 2 is 1.63 bits per heavy atom. The first-order chi connectivity index (χ1) is 33.4. The Labute approximate surface area is 398 Å². The van der Waals surface area contributed by atoms with Crippen LogP contribution in [0.5, 0.6) is 11.5 Å². The van der Waals surface area contributed by atoms with E-state index in [4.69, 9.17) is 33.7 Å². The number of ether oxygens (including phenoxy) is 5. The van der Waals surface area contributed by atoms with Gasteiger partial charge in [-0.05, 0) is 89.3 Å². The summed E-state index contributed by atoms with van der Waals surface area (Å²) in [5.74, 6) is -1.55. The van der Waals surface area contributed by atoms with E-state index in [0.717, 1.165) is 58.7 Å². The minimum atomic E-state index is -1.52. The summed E-state index contributed by atoms with van der Waals surface area (Å²) in [4.78, 5) is 22.5. The SMILES string of the molecule is C=CCO[C@@]12Oc3ccc(OCc4ccccc4F)cc3[C@H]3[C@H](CCCCO)[C@@H](CCCCO)C=C(C(=NOC)C[C@@H]1N(Cc1cccc4ccccc14)C(=O)OCCOCc1ccccc1)[C@H]32. The van der Waals surface area contributed by atoms with Gasteiger partial charge in [0.1, 0.15) is 43.7 Å². The third-order valence-electron chi connectivity index (χ3n) is 13.6. The lowest BCUT2D eigenvalue weighted by Gasteiger charge is -2.59. The fraction of sp³-hybridized carbons (Fsp3) is 0.393. The molecule has 8 rings (SSSR count). The number of carbonyl (C=O) groups is 1. The number of hydrogen-bond acceptors (Lipinski definition) is 10. The van der Waals surface area contributed by atoms with Crippen LogP contribution >= 0.6 is 0 Å². The van der Waals surface area contributed by atoms with Gasteiger partial charge < -0.3 is 38.7 Å². The lowest BCUT2D eigenvalue weighted by atomic mass is 9.55. The van der Waals surface area contributed by atoms with E-state index < -0.39 is 23.8 Å². The Bertz CT molecular complexity index is 2530. The molecule has 0 spiro atoms. The number of allylic oxidation sites excluding steroid dienone is 1. The second kappa shape index (κ2) is 23.3. The van der Waals surface area contributed by atoms with Crippen LogP contribution in [0.25, 0.3) is 10.8 Å². The first kappa shape index (κ1) is 48.4. The van der Waals surface area contributed by atoms with Crippen LogP contribution in [0.15, 0.2) is 145 Å². The van der Waals surface area contributed by atoms with Crippen molar-refractivity contribution in [1.82, 2.24) is 4.90 Å². The minimum Gasteiger partial charge on any atom is -0.489 e. The molecule has 358 valence electrons. The molecule has 0 aromatic heterocycles. The van der Waals surface area contributed by atoms with Gasteiger partial charge in [-0.1, -0.05) is 121 Å². The van der Waals surface area contributed by atoms with Crippen LogP contribution < -0.4 is 9.47 Å². The Morgan fingerprint density at radius 1 is 0.882 bits per heavy atom. The molecule has 0 radical (unpaired) electrons. The number of unbranched alkanes of at least 4 members (excludes halogenated alkanes) is 2. The van der Waals surface area contributed by atoms with Gasteiger partial charge in [0.25, 0.3) is 0 Å². The molecule has 12 heteroatoms. The van der Waals surface area contributed by atoms with Crippen LogP contribution in [-0.2, 0) is 38.8 Å². The summed E-state index contributed by atoms with van der Waals surface area (Å²) in [6.45, 7) is 5.04. The predicted octanol–water partition coefficient (Wildman–Crippen LogP) is 10.7. The average Bonchev–Trinajstić information content (AvgIpc) is 3.36. The summed E-state index contributed by atoms with van der Waals surface area (Å²) >= 11 is 0. The topological polar surface area (TPSA) is 129 Å². The lowest BCUT2D eigenvalue weighted by Crippen LogP contribution is -2.70. The largest absolute Gasteiger partial charge is 0.489 e. The number of fused-ring (bicyclic) bond motifs is 3. The molecular weight excluding hydrogens is 864 g/mol. The van der Waals surface area contributed by atoms with Crippen molar-refractivity contribution in [1.29, 1.82) is 0 Å². The van der Waals surface area contributed by atoms with Gasteiger partial charge >= 0.3 is 6.09 Å². The van der Waals surface area contributed by atoms with Gasteiger partial charge in [-0.2, -0.15) is 0 Å². The molecule has 6 atom stereocenters. The molecule has 0 saturated heterocycles. The van der Waals surface area contributed by atoms with Crippen molar-refractivity contribution in [2.75, 3.05) is 40.1 Å². The number of rotatable bonds is 23. The molecule has 3 aliphatic rings. The molecule has 1 aliphatic heterocycles. The standard InChI is InChI=1S/C56H63FN2O9/c1-3-30-67-56-52(59(36-42-22-15-21-40-18-7-9-23-45(40)42)55(62)65-32-31-64-37-39-16-5-4-6-17-39)35-50(58-63-2)47-33-41(19-11-13-28-60)46(24-12-14-29-61)53(54(47)56)48-34-44(26-27-51(48)68-56)66-38-43-20-8-10-25-49(43)57/h3-10,15-18,20-23,25-27,33-34,41,46,52-54,60-61H,1,11-14,19,24,28-32,35-38H2,2H3/t41-,46+,52-,53+,54+,56+/m0/s1. The van der Waals surface area contributed by atoms with Crippen molar-refractivity contribution in [3.8, 4) is 11.5 Å². The Kier molecular flexibility index (Phi) is 16.6. The number of hydrogen-bond donors (Lipinski definition) is 2. The van der Waals surface area contributed by atoms with Gasteiger partial charge in [0.2, 0.25) is 5.79 Å². The van der Waals surface area contributed by atoms with Crippen molar-refractivity contribution in [3.63, 3.8) is 0 Å². The van der Waals surface area contributed by atoms with Crippen LogP contribution in [0.2, 0.25) is 0 Å². The van der Waals surface area contributed by atoms with Crippen LogP contribution in [0.1, 0.15) is 73.1 Å². The summed E-state index contributed by atoms with van der Waals surface area (Å²) in [5.41, 5.74) is 4.81. The Morgan fingerprint density at radius 3 is 2.43 bits per heavy atom. The number of halogens is 1. The van der Waals surface area contributed by atoms with E-state index >= 15 is 4.79 Å². The number of benzene rings is 5. The molecule has 1 saturated carbocycles. The van der Waals surface area contributed by atoms with Gasteiger partial charge in [0, 0.05) is 36.7 Å². The van der Waals surface area contributed by atoms with Crippen molar-refractivity contribution in [3.05, 3.63) is 168 Å². The number of carbonyl (C=O) groups excluding carboxylic acids is 1.